The molecule has 0 saturated carbocycles. The molecule has 1 aromatic heterocycles. The molecule has 0 radical (unpaired) electrons. The van der Waals surface area contributed by atoms with Gasteiger partial charge >= 0.3 is 0 Å². The van der Waals surface area contributed by atoms with E-state index in [2.05, 4.69) is 14.9 Å². The first-order chi connectivity index (χ1) is 15.1. The van der Waals surface area contributed by atoms with Gasteiger partial charge in [-0.3, -0.25) is 0 Å². The zero-order valence-electron chi connectivity index (χ0n) is 18.8. The van der Waals surface area contributed by atoms with E-state index in [0.29, 0.717) is 42.5 Å². The monoisotopic (exact) mass is 454 g/mol. The summed E-state index contributed by atoms with van der Waals surface area (Å²) in [7, 11) is -3.58. The van der Waals surface area contributed by atoms with E-state index >= 15 is 0 Å². The van der Waals surface area contributed by atoms with Crippen LogP contribution < -0.4 is 4.90 Å². The Kier molecular flexibility index (Phi) is 6.01. The van der Waals surface area contributed by atoms with Crippen molar-refractivity contribution in [1.82, 2.24) is 14.3 Å². The fourth-order valence-electron chi connectivity index (χ4n) is 4.33. The van der Waals surface area contributed by atoms with Crippen molar-refractivity contribution in [3.63, 3.8) is 0 Å². The number of anilines is 1. The Morgan fingerprint density at radius 2 is 1.53 bits per heavy atom. The minimum Gasteiger partial charge on any atom is -0.354 e. The van der Waals surface area contributed by atoms with E-state index in [0.717, 1.165) is 28.2 Å². The average Bonchev–Trinajstić information content (AvgIpc) is 2.72. The SMILES string of the molecule is Cc1cc(C)c(S(=O)(=O)N2CCN(c3cc(C)nc(-c4cccc(F)c4)n3)CC2)c(C)c1. The summed E-state index contributed by atoms with van der Waals surface area (Å²) < 4.78 is 41.9. The number of hydrogen-bond acceptors (Lipinski definition) is 5. The summed E-state index contributed by atoms with van der Waals surface area (Å²) in [5.74, 6) is 0.839. The summed E-state index contributed by atoms with van der Waals surface area (Å²) in [5, 5.41) is 0. The Bertz CT molecular complexity index is 1250. The van der Waals surface area contributed by atoms with Gasteiger partial charge in [-0.2, -0.15) is 4.31 Å². The molecule has 1 aliphatic rings. The summed E-state index contributed by atoms with van der Waals surface area (Å²) >= 11 is 0. The van der Waals surface area contributed by atoms with Crippen molar-refractivity contribution in [2.45, 2.75) is 32.6 Å². The highest BCUT2D eigenvalue weighted by Gasteiger charge is 2.31. The molecule has 2 heterocycles. The standard InChI is InChI=1S/C24H27FN4O2S/c1-16-12-17(2)23(18(3)13-16)32(30,31)29-10-8-28(9-11-29)22-14-19(4)26-24(27-22)20-6-5-7-21(25)15-20/h5-7,12-15H,8-11H2,1-4H3. The first-order valence-electron chi connectivity index (χ1n) is 10.6. The highest BCUT2D eigenvalue weighted by molar-refractivity contribution is 7.89. The number of sulfonamides is 1. The fraction of sp³-hybridized carbons (Fsp3) is 0.333. The average molecular weight is 455 g/mol. The molecule has 6 nitrogen and oxygen atoms in total. The molecule has 8 heteroatoms. The predicted molar refractivity (Wildman–Crippen MR) is 124 cm³/mol. The van der Waals surface area contributed by atoms with E-state index in [4.69, 9.17) is 0 Å². The molecule has 0 bridgehead atoms. The second-order valence-corrected chi connectivity index (χ2v) is 10.2. The number of rotatable bonds is 4. The maximum Gasteiger partial charge on any atom is 0.243 e. The first kappa shape index (κ1) is 22.4. The number of halogens is 1. The van der Waals surface area contributed by atoms with Crippen LogP contribution in [0.15, 0.2) is 47.4 Å². The molecule has 0 spiro atoms. The topological polar surface area (TPSA) is 66.4 Å². The third kappa shape index (κ3) is 4.38. The van der Waals surface area contributed by atoms with Crippen LogP contribution in [0.1, 0.15) is 22.4 Å². The summed E-state index contributed by atoms with van der Waals surface area (Å²) in [6, 6.07) is 11.9. The molecule has 0 N–H and O–H groups in total. The Morgan fingerprint density at radius 3 is 2.16 bits per heavy atom. The van der Waals surface area contributed by atoms with Crippen molar-refractivity contribution in [2.75, 3.05) is 31.1 Å². The summed E-state index contributed by atoms with van der Waals surface area (Å²) in [5.41, 5.74) is 3.99. The zero-order chi connectivity index (χ0) is 23.0. The van der Waals surface area contributed by atoms with E-state index in [-0.39, 0.29) is 5.82 Å². The molecule has 4 rings (SSSR count). The summed E-state index contributed by atoms with van der Waals surface area (Å²) in [4.78, 5) is 11.5. The Hall–Kier alpha value is -2.84. The van der Waals surface area contributed by atoms with Crippen LogP contribution in [0.2, 0.25) is 0 Å². The number of benzene rings is 2. The smallest absolute Gasteiger partial charge is 0.243 e. The normalized spacial score (nSPS) is 15.2. The van der Waals surface area contributed by atoms with Gasteiger partial charge in [-0.15, -0.1) is 0 Å². The third-order valence-electron chi connectivity index (χ3n) is 5.69. The largest absolute Gasteiger partial charge is 0.354 e. The summed E-state index contributed by atoms with van der Waals surface area (Å²) in [6.45, 7) is 9.31. The van der Waals surface area contributed by atoms with Gasteiger partial charge in [-0.1, -0.05) is 29.8 Å². The van der Waals surface area contributed by atoms with Gasteiger partial charge in [0.1, 0.15) is 11.6 Å². The lowest BCUT2D eigenvalue weighted by Gasteiger charge is -2.35. The molecular formula is C24H27FN4O2S. The number of nitrogens with zero attached hydrogens (tertiary/aromatic N) is 4. The molecule has 1 aliphatic heterocycles. The third-order valence-corrected chi connectivity index (χ3v) is 7.89. The maximum atomic E-state index is 13.7. The van der Waals surface area contributed by atoms with E-state index < -0.39 is 10.0 Å². The molecule has 1 saturated heterocycles. The van der Waals surface area contributed by atoms with Crippen LogP contribution in [-0.2, 0) is 10.0 Å². The van der Waals surface area contributed by atoms with Crippen molar-refractivity contribution < 1.29 is 12.8 Å². The van der Waals surface area contributed by atoms with E-state index in [9.17, 15) is 12.8 Å². The molecule has 168 valence electrons. The highest BCUT2D eigenvalue weighted by Crippen LogP contribution is 2.27. The second kappa shape index (κ2) is 8.60. The van der Waals surface area contributed by atoms with Gasteiger partial charge in [0.25, 0.3) is 0 Å². The first-order valence-corrected chi connectivity index (χ1v) is 12.0. The molecule has 0 unspecified atom stereocenters. The van der Waals surface area contributed by atoms with Crippen LogP contribution in [-0.4, -0.2) is 48.9 Å². The van der Waals surface area contributed by atoms with E-state index in [1.54, 1.807) is 16.4 Å². The molecule has 3 aromatic rings. The van der Waals surface area contributed by atoms with Crippen molar-refractivity contribution >= 4 is 15.8 Å². The highest BCUT2D eigenvalue weighted by atomic mass is 32.2. The van der Waals surface area contributed by atoms with Crippen LogP contribution in [0.3, 0.4) is 0 Å². The van der Waals surface area contributed by atoms with Crippen LogP contribution >= 0.6 is 0 Å². The van der Waals surface area contributed by atoms with Gasteiger partial charge in [0.05, 0.1) is 4.90 Å². The minimum atomic E-state index is -3.58. The van der Waals surface area contributed by atoms with Crippen molar-refractivity contribution in [1.29, 1.82) is 0 Å². The van der Waals surface area contributed by atoms with Crippen molar-refractivity contribution in [3.8, 4) is 11.4 Å². The lowest BCUT2D eigenvalue weighted by atomic mass is 10.1. The lowest BCUT2D eigenvalue weighted by Crippen LogP contribution is -2.49. The quantitative estimate of drug-likeness (QED) is 0.596. The van der Waals surface area contributed by atoms with E-state index in [1.807, 2.05) is 45.9 Å². The van der Waals surface area contributed by atoms with Crippen molar-refractivity contribution in [3.05, 3.63) is 70.7 Å². The predicted octanol–water partition coefficient (Wildman–Crippen LogP) is 4.03. The number of hydrogen-bond donors (Lipinski definition) is 0. The minimum absolute atomic E-state index is 0.338. The lowest BCUT2D eigenvalue weighted by molar-refractivity contribution is 0.383. The number of aryl methyl sites for hydroxylation is 4. The number of aromatic nitrogens is 2. The Balaban J connectivity index is 1.56. The van der Waals surface area contributed by atoms with E-state index in [1.165, 1.54) is 12.1 Å². The molecule has 0 atom stereocenters. The van der Waals surface area contributed by atoms with Crippen molar-refractivity contribution in [2.24, 2.45) is 0 Å². The second-order valence-electron chi connectivity index (χ2n) is 8.32. The molecular weight excluding hydrogens is 427 g/mol. The van der Waals surface area contributed by atoms with Crippen LogP contribution in [0.25, 0.3) is 11.4 Å². The molecule has 0 amide bonds. The van der Waals surface area contributed by atoms with Crippen LogP contribution in [0.5, 0.6) is 0 Å². The zero-order valence-corrected chi connectivity index (χ0v) is 19.6. The van der Waals surface area contributed by atoms with Gasteiger partial charge < -0.3 is 4.90 Å². The van der Waals surface area contributed by atoms with Gasteiger partial charge in [0.15, 0.2) is 5.82 Å². The number of piperazine rings is 1. The molecule has 0 aliphatic carbocycles. The fourth-order valence-corrected chi connectivity index (χ4v) is 6.16. The summed E-state index contributed by atoms with van der Waals surface area (Å²) in [6.07, 6.45) is 0. The molecule has 2 aromatic carbocycles. The van der Waals surface area contributed by atoms with Crippen LogP contribution in [0.4, 0.5) is 10.2 Å². The van der Waals surface area contributed by atoms with Crippen LogP contribution in [0, 0.1) is 33.5 Å². The molecule has 1 fully saturated rings. The van der Waals surface area contributed by atoms with Gasteiger partial charge in [-0.25, -0.2) is 22.8 Å². The van der Waals surface area contributed by atoms with Gasteiger partial charge in [0, 0.05) is 43.5 Å². The Labute approximate surface area is 188 Å². The maximum absolute atomic E-state index is 13.7. The van der Waals surface area contributed by atoms with Gasteiger partial charge in [-0.05, 0) is 51.0 Å². The Morgan fingerprint density at radius 1 is 0.875 bits per heavy atom. The molecule has 32 heavy (non-hydrogen) atoms. The van der Waals surface area contributed by atoms with Gasteiger partial charge in [0.2, 0.25) is 10.0 Å².